The normalized spacial score (nSPS) is 11.4. The number of nitrogens with two attached hydrogens (primary N) is 1. The largest absolute Gasteiger partial charge is 0.399 e. The summed E-state index contributed by atoms with van der Waals surface area (Å²) in [7, 11) is 0. The number of hydrogen-bond donors (Lipinski definition) is 3. The number of nitrogens with zero attached hydrogens (tertiary/aromatic N) is 1. The van der Waals surface area contributed by atoms with E-state index >= 15 is 0 Å². The molecular weight excluding hydrogens is 416 g/mol. The molecule has 30 heavy (non-hydrogen) atoms. The Morgan fingerprint density at radius 2 is 1.77 bits per heavy atom. The van der Waals surface area contributed by atoms with Gasteiger partial charge in [-0.1, -0.05) is 18.2 Å². The van der Waals surface area contributed by atoms with Gasteiger partial charge in [-0.25, -0.2) is 0 Å². The van der Waals surface area contributed by atoms with Gasteiger partial charge in [0, 0.05) is 16.3 Å². The fourth-order valence-corrected chi connectivity index (χ4v) is 4.60. The summed E-state index contributed by atoms with van der Waals surface area (Å²) in [6.07, 6.45) is 0. The number of benzene rings is 2. The van der Waals surface area contributed by atoms with Crippen LogP contribution in [0, 0.1) is 18.3 Å². The number of hydrogen-bond acceptors (Lipinski definition) is 6. The van der Waals surface area contributed by atoms with Crippen molar-refractivity contribution in [2.75, 3.05) is 16.4 Å². The van der Waals surface area contributed by atoms with Gasteiger partial charge in [-0.05, 0) is 55.8 Å². The van der Waals surface area contributed by atoms with Gasteiger partial charge in [0.25, 0.3) is 5.91 Å². The lowest BCUT2D eigenvalue weighted by atomic mass is 10.1. The number of carbonyl (C=O) groups is 2. The van der Waals surface area contributed by atoms with Gasteiger partial charge in [0.15, 0.2) is 0 Å². The molecule has 1 aromatic heterocycles. The zero-order valence-corrected chi connectivity index (χ0v) is 18.1. The smallest absolute Gasteiger partial charge is 0.266 e. The summed E-state index contributed by atoms with van der Waals surface area (Å²) >= 11 is 2.49. The Kier molecular flexibility index (Phi) is 6.77. The standard InChI is InChI=1S/C22H20N4O2S2/c1-13-18(12-23)22(30-19(13)21(28)25-16-6-4-3-5-7-16)26-20(27)14(2)29-17-10-8-15(24)9-11-17/h3-11,14H,24H2,1-2H3,(H,25,28)(H,26,27). The number of thioether (sulfide) groups is 1. The molecule has 8 heteroatoms. The lowest BCUT2D eigenvalue weighted by molar-refractivity contribution is -0.115. The summed E-state index contributed by atoms with van der Waals surface area (Å²) in [5.41, 5.74) is 7.86. The second kappa shape index (κ2) is 9.48. The van der Waals surface area contributed by atoms with Crippen LogP contribution in [0.2, 0.25) is 0 Å². The Bertz CT molecular complexity index is 1100. The SMILES string of the molecule is Cc1c(C(=O)Nc2ccccc2)sc(NC(=O)C(C)Sc2ccc(N)cc2)c1C#N. The molecule has 3 rings (SSSR count). The Morgan fingerprint density at radius 1 is 1.10 bits per heavy atom. The maximum Gasteiger partial charge on any atom is 0.266 e. The Hall–Kier alpha value is -3.28. The maximum absolute atomic E-state index is 12.7. The summed E-state index contributed by atoms with van der Waals surface area (Å²) in [5.74, 6) is -0.561. The summed E-state index contributed by atoms with van der Waals surface area (Å²) in [6.45, 7) is 3.49. The van der Waals surface area contributed by atoms with Crippen molar-refractivity contribution in [1.82, 2.24) is 0 Å². The predicted octanol–water partition coefficient (Wildman–Crippen LogP) is 4.88. The van der Waals surface area contributed by atoms with Crippen LogP contribution in [-0.4, -0.2) is 17.1 Å². The molecule has 152 valence electrons. The van der Waals surface area contributed by atoms with Crippen LogP contribution in [0.15, 0.2) is 59.5 Å². The van der Waals surface area contributed by atoms with E-state index in [1.54, 1.807) is 38.1 Å². The third-order valence-electron chi connectivity index (χ3n) is 4.30. The molecule has 0 bridgehead atoms. The zero-order chi connectivity index (χ0) is 21.7. The zero-order valence-electron chi connectivity index (χ0n) is 16.4. The molecule has 2 amide bonds. The highest BCUT2D eigenvalue weighted by atomic mass is 32.2. The lowest BCUT2D eigenvalue weighted by Crippen LogP contribution is -2.22. The number of anilines is 3. The van der Waals surface area contributed by atoms with Crippen molar-refractivity contribution < 1.29 is 9.59 Å². The van der Waals surface area contributed by atoms with E-state index in [-0.39, 0.29) is 11.8 Å². The number of rotatable bonds is 6. The number of carbonyl (C=O) groups excluding carboxylic acids is 2. The highest BCUT2D eigenvalue weighted by Crippen LogP contribution is 2.34. The second-order valence-corrected chi connectivity index (χ2v) is 8.95. The number of nitriles is 1. The third kappa shape index (κ3) is 5.00. The van der Waals surface area contributed by atoms with E-state index in [0.717, 1.165) is 16.2 Å². The molecule has 0 radical (unpaired) electrons. The Balaban J connectivity index is 1.74. The van der Waals surface area contributed by atoms with E-state index in [1.807, 2.05) is 30.3 Å². The predicted molar refractivity (Wildman–Crippen MR) is 123 cm³/mol. The van der Waals surface area contributed by atoms with Gasteiger partial charge in [0.2, 0.25) is 5.91 Å². The van der Waals surface area contributed by atoms with Crippen molar-refractivity contribution in [3.63, 3.8) is 0 Å². The van der Waals surface area contributed by atoms with Crippen LogP contribution in [0.1, 0.15) is 27.7 Å². The number of nitrogens with one attached hydrogen (secondary N) is 2. The molecule has 3 aromatic rings. The van der Waals surface area contributed by atoms with E-state index in [9.17, 15) is 14.9 Å². The maximum atomic E-state index is 12.7. The van der Waals surface area contributed by atoms with Crippen molar-refractivity contribution in [3.05, 3.63) is 70.6 Å². The number of thiophene rings is 1. The van der Waals surface area contributed by atoms with Crippen molar-refractivity contribution >= 4 is 51.3 Å². The van der Waals surface area contributed by atoms with E-state index in [0.29, 0.717) is 32.4 Å². The fraction of sp³-hybridized carbons (Fsp3) is 0.136. The lowest BCUT2D eigenvalue weighted by Gasteiger charge is -2.11. The van der Waals surface area contributed by atoms with Gasteiger partial charge in [0.05, 0.1) is 15.7 Å². The average molecular weight is 437 g/mol. The van der Waals surface area contributed by atoms with Crippen LogP contribution < -0.4 is 16.4 Å². The summed E-state index contributed by atoms with van der Waals surface area (Å²) < 4.78 is 0. The van der Waals surface area contributed by atoms with Gasteiger partial charge in [-0.3, -0.25) is 9.59 Å². The molecular formula is C22H20N4O2S2. The minimum absolute atomic E-state index is 0.246. The van der Waals surface area contributed by atoms with Crippen LogP contribution in [0.25, 0.3) is 0 Å². The molecule has 0 fully saturated rings. The van der Waals surface area contributed by atoms with Crippen LogP contribution in [-0.2, 0) is 4.79 Å². The fourth-order valence-electron chi connectivity index (χ4n) is 2.68. The van der Waals surface area contributed by atoms with Gasteiger partial charge in [-0.15, -0.1) is 23.1 Å². The Morgan fingerprint density at radius 3 is 2.40 bits per heavy atom. The number of amides is 2. The molecule has 1 unspecified atom stereocenters. The van der Waals surface area contributed by atoms with Gasteiger partial charge in [0.1, 0.15) is 11.1 Å². The third-order valence-corrected chi connectivity index (χ3v) is 6.61. The highest BCUT2D eigenvalue weighted by molar-refractivity contribution is 8.00. The van der Waals surface area contributed by atoms with E-state index in [4.69, 9.17) is 5.73 Å². The number of nitrogen functional groups attached to an aromatic ring is 1. The summed E-state index contributed by atoms with van der Waals surface area (Å²) in [4.78, 5) is 26.6. The molecule has 0 aliphatic rings. The molecule has 0 saturated heterocycles. The molecule has 0 saturated carbocycles. The molecule has 6 nitrogen and oxygen atoms in total. The highest BCUT2D eigenvalue weighted by Gasteiger charge is 2.23. The molecule has 4 N–H and O–H groups in total. The van der Waals surface area contributed by atoms with Crippen molar-refractivity contribution in [2.24, 2.45) is 0 Å². The quantitative estimate of drug-likeness (QED) is 0.377. The van der Waals surface area contributed by atoms with E-state index in [2.05, 4.69) is 16.7 Å². The van der Waals surface area contributed by atoms with Crippen LogP contribution in [0.5, 0.6) is 0 Å². The van der Waals surface area contributed by atoms with Crippen LogP contribution >= 0.6 is 23.1 Å². The second-order valence-electron chi connectivity index (χ2n) is 6.51. The van der Waals surface area contributed by atoms with E-state index in [1.165, 1.54) is 11.8 Å². The summed E-state index contributed by atoms with van der Waals surface area (Å²) in [5, 5.41) is 15.1. The first-order valence-corrected chi connectivity index (χ1v) is 10.8. The number of para-hydroxylation sites is 1. The Labute approximate surface area is 183 Å². The van der Waals surface area contributed by atoms with Crippen molar-refractivity contribution in [2.45, 2.75) is 24.0 Å². The molecule has 1 atom stereocenters. The first-order chi connectivity index (χ1) is 14.4. The van der Waals surface area contributed by atoms with Gasteiger partial charge < -0.3 is 16.4 Å². The molecule has 0 aliphatic carbocycles. The van der Waals surface area contributed by atoms with Gasteiger partial charge >= 0.3 is 0 Å². The molecule has 1 heterocycles. The first kappa shape index (κ1) is 21.4. The molecule has 2 aromatic carbocycles. The monoisotopic (exact) mass is 436 g/mol. The topological polar surface area (TPSA) is 108 Å². The average Bonchev–Trinajstić information content (AvgIpc) is 3.05. The van der Waals surface area contributed by atoms with Crippen LogP contribution in [0.4, 0.5) is 16.4 Å². The van der Waals surface area contributed by atoms with Crippen LogP contribution in [0.3, 0.4) is 0 Å². The molecule has 0 aliphatic heterocycles. The minimum Gasteiger partial charge on any atom is -0.399 e. The molecule has 0 spiro atoms. The summed E-state index contributed by atoms with van der Waals surface area (Å²) in [6, 6.07) is 18.4. The van der Waals surface area contributed by atoms with Crippen molar-refractivity contribution in [1.29, 1.82) is 5.26 Å². The first-order valence-electron chi connectivity index (χ1n) is 9.12. The van der Waals surface area contributed by atoms with Gasteiger partial charge in [-0.2, -0.15) is 5.26 Å². The van der Waals surface area contributed by atoms with Crippen molar-refractivity contribution in [3.8, 4) is 6.07 Å². The minimum atomic E-state index is -0.399. The van der Waals surface area contributed by atoms with E-state index < -0.39 is 5.25 Å².